The maximum atomic E-state index is 13.0. The monoisotopic (exact) mass is 403 g/mol. The Hall–Kier alpha value is -2.32. The Balaban J connectivity index is 2.30. The highest BCUT2D eigenvalue weighted by Crippen LogP contribution is 2.38. The van der Waals surface area contributed by atoms with Gasteiger partial charge in [0.05, 0.1) is 29.4 Å². The molecule has 2 rings (SSSR count). The lowest BCUT2D eigenvalue weighted by Gasteiger charge is -2.28. The average Bonchev–Trinajstić information content (AvgIpc) is 2.64. The largest absolute Gasteiger partial charge is 0.416 e. The number of halogens is 6. The molecule has 0 bridgehead atoms. The molecule has 28 heavy (non-hydrogen) atoms. The van der Waals surface area contributed by atoms with Gasteiger partial charge < -0.3 is 10.5 Å². The van der Waals surface area contributed by atoms with Gasteiger partial charge in [0.25, 0.3) is 0 Å². The molecule has 0 radical (unpaired) electrons. The molecule has 0 aliphatic rings. The van der Waals surface area contributed by atoms with Gasteiger partial charge in [0.2, 0.25) is 0 Å². The Kier molecular flexibility index (Phi) is 6.25. The molecule has 0 fully saturated rings. The van der Waals surface area contributed by atoms with Crippen LogP contribution in [0.2, 0.25) is 0 Å². The van der Waals surface area contributed by atoms with Crippen LogP contribution in [0.1, 0.15) is 35.3 Å². The number of nitrogens with two attached hydrogens (primary N) is 1. The van der Waals surface area contributed by atoms with Crippen LogP contribution in [0.15, 0.2) is 61.2 Å². The number of rotatable bonds is 6. The topological polar surface area (TPSA) is 35.2 Å². The van der Waals surface area contributed by atoms with E-state index in [1.54, 1.807) is 30.3 Å². The van der Waals surface area contributed by atoms with Crippen molar-refractivity contribution in [2.75, 3.05) is 6.61 Å². The van der Waals surface area contributed by atoms with Crippen molar-refractivity contribution in [3.05, 3.63) is 83.4 Å². The highest BCUT2D eigenvalue weighted by atomic mass is 19.4. The van der Waals surface area contributed by atoms with Crippen molar-refractivity contribution in [1.82, 2.24) is 0 Å². The zero-order chi connectivity index (χ0) is 21.2. The van der Waals surface area contributed by atoms with Crippen LogP contribution in [0, 0.1) is 0 Å². The molecule has 0 aliphatic carbocycles. The molecule has 0 saturated heterocycles. The SMILES string of the molecule is C=C[C@](N)(CO[C@H](C)c1cc(C(F)(F)F)cc(C(F)(F)F)c1)c1ccccc1. The van der Waals surface area contributed by atoms with Gasteiger partial charge in [-0.15, -0.1) is 6.58 Å². The van der Waals surface area contributed by atoms with E-state index in [1.807, 2.05) is 0 Å². The van der Waals surface area contributed by atoms with E-state index >= 15 is 0 Å². The molecule has 2 aromatic carbocycles. The molecule has 2 nitrogen and oxygen atoms in total. The van der Waals surface area contributed by atoms with Crippen LogP contribution in [0.25, 0.3) is 0 Å². The van der Waals surface area contributed by atoms with E-state index in [1.165, 1.54) is 13.0 Å². The number of benzene rings is 2. The highest BCUT2D eigenvalue weighted by molar-refractivity contribution is 5.35. The van der Waals surface area contributed by atoms with Gasteiger partial charge in [-0.25, -0.2) is 0 Å². The summed E-state index contributed by atoms with van der Waals surface area (Å²) in [6, 6.07) is 10.1. The number of ether oxygens (including phenoxy) is 1. The normalized spacial score (nSPS) is 15.7. The Morgan fingerprint density at radius 3 is 1.86 bits per heavy atom. The number of alkyl halides is 6. The van der Waals surface area contributed by atoms with Gasteiger partial charge in [0, 0.05) is 0 Å². The van der Waals surface area contributed by atoms with Crippen molar-refractivity contribution >= 4 is 0 Å². The predicted molar refractivity (Wildman–Crippen MR) is 93.3 cm³/mol. The van der Waals surface area contributed by atoms with E-state index in [2.05, 4.69) is 6.58 Å². The van der Waals surface area contributed by atoms with Gasteiger partial charge in [0.1, 0.15) is 0 Å². The molecule has 2 aromatic rings. The molecule has 152 valence electrons. The summed E-state index contributed by atoms with van der Waals surface area (Å²) >= 11 is 0. The van der Waals surface area contributed by atoms with Crippen molar-refractivity contribution in [3.63, 3.8) is 0 Å². The molecular weight excluding hydrogens is 384 g/mol. The van der Waals surface area contributed by atoms with Crippen molar-refractivity contribution < 1.29 is 31.1 Å². The first-order valence-corrected chi connectivity index (χ1v) is 8.26. The number of hydrogen-bond donors (Lipinski definition) is 1. The van der Waals surface area contributed by atoms with Gasteiger partial charge in [-0.05, 0) is 36.2 Å². The molecule has 2 N–H and O–H groups in total. The van der Waals surface area contributed by atoms with Crippen molar-refractivity contribution in [1.29, 1.82) is 0 Å². The zero-order valence-corrected chi connectivity index (χ0v) is 14.9. The first-order valence-electron chi connectivity index (χ1n) is 8.26. The lowest BCUT2D eigenvalue weighted by atomic mass is 9.92. The summed E-state index contributed by atoms with van der Waals surface area (Å²) in [5.74, 6) is 0. The molecular formula is C20H19F6NO. The lowest BCUT2D eigenvalue weighted by molar-refractivity contribution is -0.143. The van der Waals surface area contributed by atoms with Gasteiger partial charge in [-0.1, -0.05) is 36.4 Å². The van der Waals surface area contributed by atoms with Crippen molar-refractivity contribution in [2.45, 2.75) is 30.9 Å². The summed E-state index contributed by atoms with van der Waals surface area (Å²) in [5, 5.41) is 0. The van der Waals surface area contributed by atoms with Gasteiger partial charge >= 0.3 is 12.4 Å². The zero-order valence-electron chi connectivity index (χ0n) is 14.9. The minimum Gasteiger partial charge on any atom is -0.371 e. The third-order valence-electron chi connectivity index (χ3n) is 4.33. The molecule has 0 heterocycles. The minimum atomic E-state index is -4.92. The summed E-state index contributed by atoms with van der Waals surface area (Å²) in [5.41, 5.74) is 2.71. The third-order valence-corrected chi connectivity index (χ3v) is 4.33. The maximum absolute atomic E-state index is 13.0. The lowest BCUT2D eigenvalue weighted by Crippen LogP contribution is -2.39. The smallest absolute Gasteiger partial charge is 0.371 e. The first kappa shape index (κ1) is 22.0. The molecule has 0 saturated carbocycles. The molecule has 2 atom stereocenters. The number of hydrogen-bond acceptors (Lipinski definition) is 2. The molecule has 0 amide bonds. The second-order valence-corrected chi connectivity index (χ2v) is 6.40. The molecule has 8 heteroatoms. The Labute approximate surface area is 158 Å². The van der Waals surface area contributed by atoms with E-state index in [0.29, 0.717) is 17.7 Å². The molecule has 0 aromatic heterocycles. The van der Waals surface area contributed by atoms with E-state index in [4.69, 9.17) is 10.5 Å². The fourth-order valence-corrected chi connectivity index (χ4v) is 2.58. The van der Waals surface area contributed by atoms with Crippen LogP contribution in [0.5, 0.6) is 0 Å². The van der Waals surface area contributed by atoms with Crippen LogP contribution in [0.3, 0.4) is 0 Å². The maximum Gasteiger partial charge on any atom is 0.416 e. The summed E-state index contributed by atoms with van der Waals surface area (Å²) in [4.78, 5) is 0. The van der Waals surface area contributed by atoms with Gasteiger partial charge in [-0.2, -0.15) is 26.3 Å². The fraction of sp³-hybridized carbons (Fsp3) is 0.300. The Bertz CT molecular complexity index is 783. The summed E-state index contributed by atoms with van der Waals surface area (Å²) in [7, 11) is 0. The van der Waals surface area contributed by atoms with Crippen LogP contribution < -0.4 is 5.73 Å². The Morgan fingerprint density at radius 1 is 0.929 bits per heavy atom. The van der Waals surface area contributed by atoms with E-state index < -0.39 is 35.1 Å². The van der Waals surface area contributed by atoms with Gasteiger partial charge in [-0.3, -0.25) is 0 Å². The average molecular weight is 403 g/mol. The fourth-order valence-electron chi connectivity index (χ4n) is 2.58. The highest BCUT2D eigenvalue weighted by Gasteiger charge is 2.37. The first-order chi connectivity index (χ1) is 12.9. The second kappa shape index (κ2) is 7.97. The Morgan fingerprint density at radius 2 is 1.43 bits per heavy atom. The van der Waals surface area contributed by atoms with Crippen LogP contribution >= 0.6 is 0 Å². The van der Waals surface area contributed by atoms with Crippen LogP contribution in [-0.4, -0.2) is 6.61 Å². The summed E-state index contributed by atoms with van der Waals surface area (Å²) < 4.78 is 83.6. The van der Waals surface area contributed by atoms with Crippen LogP contribution in [-0.2, 0) is 22.6 Å². The predicted octanol–water partition coefficient (Wildman–Crippen LogP) is 5.84. The van der Waals surface area contributed by atoms with Gasteiger partial charge in [0.15, 0.2) is 0 Å². The third kappa shape index (κ3) is 5.14. The molecule has 0 aliphatic heterocycles. The summed E-state index contributed by atoms with van der Waals surface area (Å²) in [6.07, 6.45) is -9.48. The molecule has 0 spiro atoms. The van der Waals surface area contributed by atoms with E-state index in [0.717, 1.165) is 0 Å². The van der Waals surface area contributed by atoms with Crippen molar-refractivity contribution in [2.24, 2.45) is 5.73 Å². The minimum absolute atomic E-state index is 0.0805. The van der Waals surface area contributed by atoms with E-state index in [-0.39, 0.29) is 18.2 Å². The van der Waals surface area contributed by atoms with Crippen LogP contribution in [0.4, 0.5) is 26.3 Å². The van der Waals surface area contributed by atoms with Crippen molar-refractivity contribution in [3.8, 4) is 0 Å². The second-order valence-electron chi connectivity index (χ2n) is 6.40. The quantitative estimate of drug-likeness (QED) is 0.486. The molecule has 0 unspecified atom stereocenters. The van der Waals surface area contributed by atoms with E-state index in [9.17, 15) is 26.3 Å². The summed E-state index contributed by atoms with van der Waals surface area (Å²) in [6.45, 7) is 4.83. The standard InChI is InChI=1S/C20H19F6NO/c1-3-18(27,15-7-5-4-6-8-15)12-28-13(2)14-9-16(19(21,22)23)11-17(10-14)20(24,25)26/h3-11,13H,1,12,27H2,2H3/t13-,18+/m1/s1.